The van der Waals surface area contributed by atoms with Crippen molar-refractivity contribution in [2.45, 2.75) is 24.7 Å². The smallest absolute Gasteiger partial charge is 0.304 e. The quantitative estimate of drug-likeness (QED) is 0.749. The topological polar surface area (TPSA) is 63.1 Å². The fourth-order valence-electron chi connectivity index (χ4n) is 1.57. The van der Waals surface area contributed by atoms with E-state index in [2.05, 4.69) is 9.97 Å². The molecule has 0 aliphatic heterocycles. The number of hydrogen-bond acceptors (Lipinski definition) is 3. The van der Waals surface area contributed by atoms with Gasteiger partial charge in [-0.2, -0.15) is 0 Å². The number of carbonyl (C=O) groups is 1. The molecule has 2 rings (SSSR count). The molecule has 0 amide bonds. The predicted molar refractivity (Wildman–Crippen MR) is 45.2 cm³/mol. The average molecular weight is 178 g/mol. The highest BCUT2D eigenvalue weighted by Gasteiger charge is 2.47. The first-order valence-corrected chi connectivity index (χ1v) is 4.21. The van der Waals surface area contributed by atoms with Crippen molar-refractivity contribution < 1.29 is 9.90 Å². The fourth-order valence-corrected chi connectivity index (χ4v) is 1.57. The largest absolute Gasteiger partial charge is 0.481 e. The predicted octanol–water partition coefficient (Wildman–Crippen LogP) is 0.983. The van der Waals surface area contributed by atoms with Crippen LogP contribution in [0.3, 0.4) is 0 Å². The van der Waals surface area contributed by atoms with Crippen molar-refractivity contribution in [3.8, 4) is 0 Å². The molecule has 13 heavy (non-hydrogen) atoms. The first kappa shape index (κ1) is 8.16. The minimum absolute atomic E-state index is 0.185. The Kier molecular flexibility index (Phi) is 1.76. The maximum atomic E-state index is 10.6. The molecule has 1 aromatic rings. The summed E-state index contributed by atoms with van der Waals surface area (Å²) in [7, 11) is 0. The van der Waals surface area contributed by atoms with E-state index in [9.17, 15) is 4.79 Å². The number of carboxylic acids is 1. The van der Waals surface area contributed by atoms with E-state index in [1.165, 1.54) is 6.33 Å². The molecule has 1 aliphatic carbocycles. The second kappa shape index (κ2) is 2.80. The maximum absolute atomic E-state index is 10.6. The molecule has 1 fully saturated rings. The molecule has 1 aliphatic rings. The number of nitrogens with zero attached hydrogens (tertiary/aromatic N) is 2. The monoisotopic (exact) mass is 178 g/mol. The molecule has 0 atom stereocenters. The van der Waals surface area contributed by atoms with Crippen LogP contribution in [0.5, 0.6) is 0 Å². The van der Waals surface area contributed by atoms with Crippen LogP contribution in [0.25, 0.3) is 0 Å². The van der Waals surface area contributed by atoms with Gasteiger partial charge in [-0.15, -0.1) is 0 Å². The van der Waals surface area contributed by atoms with Gasteiger partial charge >= 0.3 is 5.97 Å². The van der Waals surface area contributed by atoms with Crippen LogP contribution in [0.15, 0.2) is 18.6 Å². The number of rotatable bonds is 3. The third-order valence-electron chi connectivity index (χ3n) is 2.47. The molecule has 4 heteroatoms. The van der Waals surface area contributed by atoms with Crippen molar-refractivity contribution in [1.82, 2.24) is 9.97 Å². The van der Waals surface area contributed by atoms with E-state index in [-0.39, 0.29) is 11.8 Å². The van der Waals surface area contributed by atoms with E-state index in [0.717, 1.165) is 18.5 Å². The van der Waals surface area contributed by atoms with E-state index >= 15 is 0 Å². The summed E-state index contributed by atoms with van der Waals surface area (Å²) < 4.78 is 0. The summed E-state index contributed by atoms with van der Waals surface area (Å²) in [4.78, 5) is 18.5. The standard InChI is InChI=1S/C9H10N2O2/c12-8(13)5-9(2-3-9)7-1-4-10-6-11-7/h1,4,6H,2-3,5H2,(H,12,13). The van der Waals surface area contributed by atoms with Gasteiger partial charge in [0.05, 0.1) is 12.1 Å². The Morgan fingerprint density at radius 2 is 2.38 bits per heavy atom. The van der Waals surface area contributed by atoms with Gasteiger partial charge in [0, 0.05) is 11.6 Å². The van der Waals surface area contributed by atoms with E-state index in [1.54, 1.807) is 12.3 Å². The van der Waals surface area contributed by atoms with Crippen molar-refractivity contribution in [3.63, 3.8) is 0 Å². The van der Waals surface area contributed by atoms with Crippen molar-refractivity contribution >= 4 is 5.97 Å². The van der Waals surface area contributed by atoms with Crippen molar-refractivity contribution in [2.75, 3.05) is 0 Å². The van der Waals surface area contributed by atoms with Gasteiger partial charge in [-0.05, 0) is 18.9 Å². The molecule has 1 heterocycles. The van der Waals surface area contributed by atoms with Crippen molar-refractivity contribution in [3.05, 3.63) is 24.3 Å². The number of aliphatic carboxylic acids is 1. The summed E-state index contributed by atoms with van der Waals surface area (Å²) >= 11 is 0. The van der Waals surface area contributed by atoms with Gasteiger partial charge in [-0.25, -0.2) is 9.97 Å². The Morgan fingerprint density at radius 1 is 1.62 bits per heavy atom. The molecular formula is C9H10N2O2. The summed E-state index contributed by atoms with van der Waals surface area (Å²) in [6.07, 6.45) is 5.16. The SMILES string of the molecule is O=C(O)CC1(c2ccncn2)CC1. The highest BCUT2D eigenvalue weighted by Crippen LogP contribution is 2.49. The van der Waals surface area contributed by atoms with Gasteiger partial charge in [0.1, 0.15) is 6.33 Å². The lowest BCUT2D eigenvalue weighted by molar-refractivity contribution is -0.137. The van der Waals surface area contributed by atoms with Gasteiger partial charge in [0.15, 0.2) is 0 Å². The molecule has 1 aromatic heterocycles. The number of carboxylic acid groups (broad SMARTS) is 1. The molecule has 68 valence electrons. The van der Waals surface area contributed by atoms with Gasteiger partial charge in [-0.1, -0.05) is 0 Å². The summed E-state index contributed by atoms with van der Waals surface area (Å²) in [6.45, 7) is 0. The van der Waals surface area contributed by atoms with Crippen LogP contribution in [0, 0.1) is 0 Å². The Hall–Kier alpha value is -1.45. The van der Waals surface area contributed by atoms with E-state index in [4.69, 9.17) is 5.11 Å². The van der Waals surface area contributed by atoms with Crippen molar-refractivity contribution in [2.24, 2.45) is 0 Å². The third-order valence-corrected chi connectivity index (χ3v) is 2.47. The molecule has 0 aromatic carbocycles. The molecular weight excluding hydrogens is 168 g/mol. The summed E-state index contributed by atoms with van der Waals surface area (Å²) in [5.41, 5.74) is 0.680. The number of aromatic nitrogens is 2. The molecule has 0 unspecified atom stereocenters. The van der Waals surface area contributed by atoms with Crippen LogP contribution in [-0.2, 0) is 10.2 Å². The third kappa shape index (κ3) is 1.52. The lowest BCUT2D eigenvalue weighted by Crippen LogP contribution is -2.14. The fraction of sp³-hybridized carbons (Fsp3) is 0.444. The van der Waals surface area contributed by atoms with Crippen LogP contribution < -0.4 is 0 Å². The Labute approximate surface area is 75.6 Å². The zero-order valence-electron chi connectivity index (χ0n) is 7.10. The summed E-state index contributed by atoms with van der Waals surface area (Å²) in [6, 6.07) is 1.80. The lowest BCUT2D eigenvalue weighted by atomic mass is 9.98. The van der Waals surface area contributed by atoms with Crippen LogP contribution >= 0.6 is 0 Å². The van der Waals surface area contributed by atoms with Crippen LogP contribution in [0.2, 0.25) is 0 Å². The Morgan fingerprint density at radius 3 is 2.85 bits per heavy atom. The van der Waals surface area contributed by atoms with Crippen LogP contribution in [0.4, 0.5) is 0 Å². The second-order valence-corrected chi connectivity index (χ2v) is 3.45. The lowest BCUT2D eigenvalue weighted by Gasteiger charge is -2.10. The first-order chi connectivity index (χ1) is 6.23. The normalized spacial score (nSPS) is 18.2. The van der Waals surface area contributed by atoms with Gasteiger partial charge < -0.3 is 5.11 Å². The molecule has 1 N–H and O–H groups in total. The zero-order valence-corrected chi connectivity index (χ0v) is 7.10. The zero-order chi connectivity index (χ0) is 9.31. The van der Waals surface area contributed by atoms with Crippen LogP contribution in [0.1, 0.15) is 25.0 Å². The van der Waals surface area contributed by atoms with Crippen molar-refractivity contribution in [1.29, 1.82) is 0 Å². The van der Waals surface area contributed by atoms with Crippen LogP contribution in [-0.4, -0.2) is 21.0 Å². The van der Waals surface area contributed by atoms with Gasteiger partial charge in [-0.3, -0.25) is 4.79 Å². The summed E-state index contributed by atoms with van der Waals surface area (Å²) in [5.74, 6) is -0.754. The minimum Gasteiger partial charge on any atom is -0.481 e. The Bertz CT molecular complexity index is 320. The molecule has 0 radical (unpaired) electrons. The minimum atomic E-state index is -0.754. The molecule has 0 bridgehead atoms. The van der Waals surface area contributed by atoms with E-state index < -0.39 is 5.97 Å². The first-order valence-electron chi connectivity index (χ1n) is 4.21. The molecule has 0 saturated heterocycles. The molecule has 1 saturated carbocycles. The van der Waals surface area contributed by atoms with Gasteiger partial charge in [0.2, 0.25) is 0 Å². The molecule has 0 spiro atoms. The van der Waals surface area contributed by atoms with E-state index in [0.29, 0.717) is 0 Å². The maximum Gasteiger partial charge on any atom is 0.304 e. The van der Waals surface area contributed by atoms with E-state index in [1.807, 2.05) is 0 Å². The summed E-state index contributed by atoms with van der Waals surface area (Å²) in [5, 5.41) is 8.71. The molecule has 4 nitrogen and oxygen atoms in total. The number of hydrogen-bond donors (Lipinski definition) is 1. The van der Waals surface area contributed by atoms with Gasteiger partial charge in [0.25, 0.3) is 0 Å². The highest BCUT2D eigenvalue weighted by molar-refractivity contribution is 5.69. The second-order valence-electron chi connectivity index (χ2n) is 3.45. The Balaban J connectivity index is 2.21. The average Bonchev–Trinajstić information content (AvgIpc) is 2.86. The highest BCUT2D eigenvalue weighted by atomic mass is 16.4.